The fraction of sp³-hybridized carbons (Fsp3) is 0.250. The van der Waals surface area contributed by atoms with Crippen molar-refractivity contribution in [2.75, 3.05) is 31.4 Å². The minimum absolute atomic E-state index is 0.0194. The van der Waals surface area contributed by atoms with Gasteiger partial charge in [-0.3, -0.25) is 14.8 Å². The summed E-state index contributed by atoms with van der Waals surface area (Å²) in [6, 6.07) is 12.2. The number of hydrogen-bond acceptors (Lipinski definition) is 10. The van der Waals surface area contributed by atoms with Gasteiger partial charge in [0.05, 0.1) is 38.1 Å². The van der Waals surface area contributed by atoms with Crippen LogP contribution in [0.25, 0.3) is 22.2 Å². The number of sulfonamides is 1. The van der Waals surface area contributed by atoms with Crippen molar-refractivity contribution in [2.24, 2.45) is 0 Å². The number of nitrogens with zero attached hydrogens (tertiary/aromatic N) is 3. The highest BCUT2D eigenvalue weighted by Crippen LogP contribution is 2.42. The number of pyridine rings is 1. The fourth-order valence-electron chi connectivity index (χ4n) is 4.56. The van der Waals surface area contributed by atoms with Crippen LogP contribution in [0.2, 0.25) is 0 Å². The summed E-state index contributed by atoms with van der Waals surface area (Å²) in [6.07, 6.45) is 4.03. The number of fused-ring (bicyclic) bond motifs is 1. The zero-order valence-electron chi connectivity index (χ0n) is 22.8. The number of anilines is 3. The maximum Gasteiger partial charge on any atom is 0.270 e. The molecule has 1 aliphatic rings. The number of hydrogen-bond donors (Lipinski definition) is 3. The van der Waals surface area contributed by atoms with Crippen molar-refractivity contribution in [1.82, 2.24) is 20.3 Å². The smallest absolute Gasteiger partial charge is 0.270 e. The van der Waals surface area contributed by atoms with Crippen LogP contribution in [0, 0.1) is 6.92 Å². The molecular formula is C28H28N6O6S. The average Bonchev–Trinajstić information content (AvgIpc) is 3.61. The first kappa shape index (κ1) is 26.4. The van der Waals surface area contributed by atoms with Crippen molar-refractivity contribution in [3.05, 3.63) is 59.9 Å². The van der Waals surface area contributed by atoms with Gasteiger partial charge in [0, 0.05) is 35.5 Å². The van der Waals surface area contributed by atoms with E-state index in [2.05, 4.69) is 30.4 Å². The van der Waals surface area contributed by atoms with E-state index < -0.39 is 10.0 Å². The van der Waals surface area contributed by atoms with Crippen molar-refractivity contribution in [2.45, 2.75) is 30.6 Å². The molecular weight excluding hydrogens is 548 g/mol. The molecule has 3 aromatic heterocycles. The van der Waals surface area contributed by atoms with Crippen molar-refractivity contribution in [3.8, 4) is 28.5 Å². The highest BCUT2D eigenvalue weighted by atomic mass is 32.2. The molecule has 5 aromatic rings. The maximum absolute atomic E-state index is 13.7. The second-order valence-corrected chi connectivity index (χ2v) is 11.3. The minimum atomic E-state index is -4.26. The lowest BCUT2D eigenvalue weighted by Crippen LogP contribution is -2.16. The molecule has 0 unspecified atom stereocenters. The molecule has 3 N–H and O–H groups in total. The van der Waals surface area contributed by atoms with Gasteiger partial charge in [0.15, 0.2) is 22.1 Å². The highest BCUT2D eigenvalue weighted by molar-refractivity contribution is 7.93. The van der Waals surface area contributed by atoms with Gasteiger partial charge in [-0.1, -0.05) is 11.2 Å². The SMILES string of the molecule is COc1cc2c(NS(=O)(=O)c3c(OC)cc(-c4ccc(C)cn4)cc3OC)noc2cc1Nc1cc(C2CC2)[nH]n1. The summed E-state index contributed by atoms with van der Waals surface area (Å²) in [4.78, 5) is 4.24. The number of methoxy groups -OCH3 is 3. The van der Waals surface area contributed by atoms with E-state index in [0.29, 0.717) is 45.4 Å². The number of aromatic amines is 1. The average molecular weight is 577 g/mol. The van der Waals surface area contributed by atoms with Crippen molar-refractivity contribution >= 4 is 38.3 Å². The first-order valence-corrected chi connectivity index (χ1v) is 14.3. The molecule has 0 atom stereocenters. The number of H-pyrrole nitrogens is 1. The number of rotatable bonds is 10. The van der Waals surface area contributed by atoms with Gasteiger partial charge in [0.2, 0.25) is 0 Å². The number of nitrogens with one attached hydrogen (secondary N) is 3. The zero-order chi connectivity index (χ0) is 28.7. The molecule has 0 amide bonds. The molecule has 12 nitrogen and oxygen atoms in total. The van der Waals surface area contributed by atoms with Crippen LogP contribution in [0.4, 0.5) is 17.3 Å². The van der Waals surface area contributed by atoms with Gasteiger partial charge in [-0.05, 0) is 49.6 Å². The first-order valence-electron chi connectivity index (χ1n) is 12.8. The maximum atomic E-state index is 13.7. The lowest BCUT2D eigenvalue weighted by Gasteiger charge is -2.16. The number of benzene rings is 2. The summed E-state index contributed by atoms with van der Waals surface area (Å²) in [5, 5.41) is 15.0. The summed E-state index contributed by atoms with van der Waals surface area (Å²) in [5.41, 5.74) is 4.28. The van der Waals surface area contributed by atoms with Gasteiger partial charge in [0.25, 0.3) is 10.0 Å². The van der Waals surface area contributed by atoms with E-state index >= 15 is 0 Å². The van der Waals surface area contributed by atoms with E-state index in [1.807, 2.05) is 25.1 Å². The van der Waals surface area contributed by atoms with Gasteiger partial charge < -0.3 is 24.1 Å². The second kappa shape index (κ2) is 10.3. The molecule has 2 aromatic carbocycles. The molecule has 1 aliphatic carbocycles. The molecule has 3 heterocycles. The Kier molecular flexibility index (Phi) is 6.66. The van der Waals surface area contributed by atoms with Crippen LogP contribution in [-0.2, 0) is 10.0 Å². The van der Waals surface area contributed by atoms with E-state index in [1.165, 1.54) is 21.3 Å². The van der Waals surface area contributed by atoms with Gasteiger partial charge in [0.1, 0.15) is 17.2 Å². The molecule has 0 saturated heterocycles. The first-order chi connectivity index (χ1) is 19.8. The number of ether oxygens (including phenoxy) is 3. The molecule has 0 bridgehead atoms. The monoisotopic (exact) mass is 576 g/mol. The Morgan fingerprint density at radius 3 is 2.34 bits per heavy atom. The normalized spacial score (nSPS) is 13.3. The number of aromatic nitrogens is 4. The molecule has 0 radical (unpaired) electrons. The van der Waals surface area contributed by atoms with E-state index in [0.717, 1.165) is 24.1 Å². The van der Waals surface area contributed by atoms with Crippen LogP contribution in [0.15, 0.2) is 58.1 Å². The lowest BCUT2D eigenvalue weighted by atomic mass is 10.1. The van der Waals surface area contributed by atoms with E-state index in [4.69, 9.17) is 18.7 Å². The quantitative estimate of drug-likeness (QED) is 0.198. The van der Waals surface area contributed by atoms with Crippen LogP contribution in [-0.4, -0.2) is 50.1 Å². The van der Waals surface area contributed by atoms with E-state index in [9.17, 15) is 8.42 Å². The molecule has 0 aliphatic heterocycles. The van der Waals surface area contributed by atoms with E-state index in [1.54, 1.807) is 30.5 Å². The summed E-state index contributed by atoms with van der Waals surface area (Å²) in [6.45, 7) is 1.93. The largest absolute Gasteiger partial charge is 0.495 e. The molecule has 1 fully saturated rings. The van der Waals surface area contributed by atoms with E-state index in [-0.39, 0.29) is 22.2 Å². The topological polar surface area (TPSA) is 153 Å². The number of aryl methyl sites for hydroxylation is 1. The molecule has 0 spiro atoms. The predicted octanol–water partition coefficient (Wildman–Crippen LogP) is 5.37. The minimum Gasteiger partial charge on any atom is -0.495 e. The standard InChI is InChI=1S/C28H28N6O6S/c1-15-5-8-19(29-14-15)17-9-24(38-3)27(25(10-17)39-4)41(35,36)34-28-18-11-23(37-2)21(12-22(18)40-33-28)30-26-13-20(31-32-26)16-6-7-16/h5,8-14,16H,6-7H2,1-4H3,(H,33,34)(H2,30,31,32). The van der Waals surface area contributed by atoms with Gasteiger partial charge in [-0.2, -0.15) is 5.10 Å². The fourth-order valence-corrected chi connectivity index (χ4v) is 5.87. The second-order valence-electron chi connectivity index (χ2n) is 9.72. The van der Waals surface area contributed by atoms with Crippen molar-refractivity contribution in [1.29, 1.82) is 0 Å². The van der Waals surface area contributed by atoms with Crippen molar-refractivity contribution in [3.63, 3.8) is 0 Å². The molecule has 1 saturated carbocycles. The summed E-state index contributed by atoms with van der Waals surface area (Å²) in [5.74, 6) is 1.75. The van der Waals surface area contributed by atoms with Crippen molar-refractivity contribution < 1.29 is 27.2 Å². The highest BCUT2D eigenvalue weighted by Gasteiger charge is 2.29. The molecule has 13 heteroatoms. The Morgan fingerprint density at radius 2 is 1.71 bits per heavy atom. The molecule has 6 rings (SSSR count). The predicted molar refractivity (Wildman–Crippen MR) is 153 cm³/mol. The third-order valence-corrected chi connectivity index (χ3v) is 8.24. The van der Waals surface area contributed by atoms with Crippen LogP contribution in [0.3, 0.4) is 0 Å². The summed E-state index contributed by atoms with van der Waals surface area (Å²) in [7, 11) is 0.0346. The van der Waals surface area contributed by atoms with Crippen LogP contribution < -0.4 is 24.2 Å². The zero-order valence-corrected chi connectivity index (χ0v) is 23.6. The van der Waals surface area contributed by atoms with Gasteiger partial charge >= 0.3 is 0 Å². The Hall–Kier alpha value is -4.78. The summed E-state index contributed by atoms with van der Waals surface area (Å²) >= 11 is 0. The Balaban J connectivity index is 1.33. The Labute approximate surface area is 236 Å². The summed E-state index contributed by atoms with van der Waals surface area (Å²) < 4.78 is 51.9. The Bertz CT molecular complexity index is 1820. The third kappa shape index (κ3) is 5.11. The molecule has 41 heavy (non-hydrogen) atoms. The lowest BCUT2D eigenvalue weighted by molar-refractivity contribution is 0.374. The van der Waals surface area contributed by atoms with Crippen LogP contribution in [0.5, 0.6) is 17.2 Å². The Morgan fingerprint density at radius 1 is 0.976 bits per heavy atom. The van der Waals surface area contributed by atoms with Crippen LogP contribution >= 0.6 is 0 Å². The van der Waals surface area contributed by atoms with Crippen LogP contribution in [0.1, 0.15) is 30.0 Å². The van der Waals surface area contributed by atoms with Gasteiger partial charge in [-0.25, -0.2) is 8.42 Å². The van der Waals surface area contributed by atoms with Gasteiger partial charge in [-0.15, -0.1) is 0 Å². The molecule has 212 valence electrons. The third-order valence-electron chi connectivity index (χ3n) is 6.84.